The summed E-state index contributed by atoms with van der Waals surface area (Å²) < 4.78 is 7.88. The summed E-state index contributed by atoms with van der Waals surface area (Å²) in [4.78, 5) is 17.7. The quantitative estimate of drug-likeness (QED) is 0.392. The molecule has 30 heavy (non-hydrogen) atoms. The summed E-state index contributed by atoms with van der Waals surface area (Å²) >= 11 is 1.80. The third-order valence-corrected chi connectivity index (χ3v) is 6.27. The Morgan fingerprint density at radius 2 is 1.97 bits per heavy atom. The maximum atomic E-state index is 11.1. The van der Waals surface area contributed by atoms with Crippen LogP contribution in [0.15, 0.2) is 61.1 Å². The van der Waals surface area contributed by atoms with Crippen molar-refractivity contribution in [1.82, 2.24) is 9.55 Å². The molecule has 3 aromatic heterocycles. The summed E-state index contributed by atoms with van der Waals surface area (Å²) in [6.07, 6.45) is 7.29. The fraction of sp³-hybridized carbons (Fsp3) is 0.250. The van der Waals surface area contributed by atoms with Gasteiger partial charge in [0, 0.05) is 52.2 Å². The largest absolute Gasteiger partial charge is 0.494 e. The van der Waals surface area contributed by atoms with Crippen molar-refractivity contribution < 1.29 is 14.6 Å². The van der Waals surface area contributed by atoms with Crippen LogP contribution in [-0.4, -0.2) is 27.2 Å². The van der Waals surface area contributed by atoms with E-state index in [0.29, 0.717) is 13.0 Å². The topological polar surface area (TPSA) is 64.3 Å². The van der Waals surface area contributed by atoms with E-state index in [1.54, 1.807) is 11.3 Å². The van der Waals surface area contributed by atoms with Crippen molar-refractivity contribution in [2.75, 3.05) is 6.61 Å². The van der Waals surface area contributed by atoms with Crippen LogP contribution in [-0.2, 0) is 24.2 Å². The molecule has 0 fully saturated rings. The van der Waals surface area contributed by atoms with Crippen LogP contribution >= 0.6 is 11.3 Å². The summed E-state index contributed by atoms with van der Waals surface area (Å²) in [5.41, 5.74) is 3.36. The summed E-state index contributed by atoms with van der Waals surface area (Å²) in [6, 6.07) is 14.5. The average Bonchev–Trinajstić information content (AvgIpc) is 3.36. The Kier molecular flexibility index (Phi) is 6.14. The Morgan fingerprint density at radius 1 is 1.13 bits per heavy atom. The summed E-state index contributed by atoms with van der Waals surface area (Å²) in [6.45, 7) is 3.41. The first-order valence-corrected chi connectivity index (χ1v) is 10.9. The van der Waals surface area contributed by atoms with Crippen molar-refractivity contribution in [1.29, 1.82) is 0 Å². The van der Waals surface area contributed by atoms with Crippen LogP contribution < -0.4 is 4.74 Å². The molecule has 0 aliphatic rings. The number of carbonyl (C=O) groups is 1. The third kappa shape index (κ3) is 4.54. The molecule has 6 heteroatoms. The van der Waals surface area contributed by atoms with E-state index in [9.17, 15) is 4.79 Å². The van der Waals surface area contributed by atoms with Gasteiger partial charge in [-0.15, -0.1) is 11.3 Å². The second kappa shape index (κ2) is 9.13. The monoisotopic (exact) mass is 420 g/mol. The highest BCUT2D eigenvalue weighted by atomic mass is 32.1. The minimum Gasteiger partial charge on any atom is -0.494 e. The van der Waals surface area contributed by atoms with E-state index in [4.69, 9.17) is 9.84 Å². The van der Waals surface area contributed by atoms with Gasteiger partial charge in [0.2, 0.25) is 0 Å². The van der Waals surface area contributed by atoms with Gasteiger partial charge in [-0.25, -0.2) is 0 Å². The second-order valence-electron chi connectivity index (χ2n) is 7.11. The molecule has 5 nitrogen and oxygen atoms in total. The molecule has 4 aromatic rings. The van der Waals surface area contributed by atoms with Crippen LogP contribution in [0.2, 0.25) is 0 Å². The normalized spacial score (nSPS) is 11.1. The predicted molar refractivity (Wildman–Crippen MR) is 120 cm³/mol. The molecule has 0 spiro atoms. The van der Waals surface area contributed by atoms with Crippen LogP contribution in [0.3, 0.4) is 0 Å². The molecule has 1 aromatic carbocycles. The van der Waals surface area contributed by atoms with Crippen LogP contribution in [0, 0.1) is 0 Å². The second-order valence-corrected chi connectivity index (χ2v) is 8.27. The number of nitrogens with zero attached hydrogens (tertiary/aromatic N) is 2. The molecule has 4 rings (SSSR count). The molecular weight excluding hydrogens is 396 g/mol. The van der Waals surface area contributed by atoms with Gasteiger partial charge in [0.25, 0.3) is 0 Å². The molecule has 0 amide bonds. The highest BCUT2D eigenvalue weighted by Gasteiger charge is 2.12. The number of rotatable bonds is 9. The third-order valence-electron chi connectivity index (χ3n) is 5.08. The van der Waals surface area contributed by atoms with E-state index in [1.807, 2.05) is 43.6 Å². The van der Waals surface area contributed by atoms with Gasteiger partial charge >= 0.3 is 5.97 Å². The zero-order chi connectivity index (χ0) is 20.9. The van der Waals surface area contributed by atoms with E-state index < -0.39 is 5.97 Å². The molecular formula is C24H24N2O3S. The molecule has 0 aliphatic heterocycles. The number of carboxylic acid groups (broad SMARTS) is 1. The number of benzene rings is 1. The molecule has 0 saturated heterocycles. The standard InChI is InChI=1S/C24H24N2O3S/c1-2-29-19-4-6-22-21(15-19)18(3-8-24(27)28)16-26(22)14-11-20-5-7-23(30-20)17-9-12-25-13-10-17/h4-7,9-10,12-13,15-16H,2-3,8,11,14H2,1H3,(H,27,28). The van der Waals surface area contributed by atoms with Crippen molar-refractivity contribution in [3.05, 3.63) is 71.5 Å². The molecule has 0 radical (unpaired) electrons. The van der Waals surface area contributed by atoms with Gasteiger partial charge in [0.1, 0.15) is 5.75 Å². The van der Waals surface area contributed by atoms with Gasteiger partial charge < -0.3 is 14.4 Å². The van der Waals surface area contributed by atoms with Crippen molar-refractivity contribution in [3.63, 3.8) is 0 Å². The highest BCUT2D eigenvalue weighted by molar-refractivity contribution is 7.15. The Balaban J connectivity index is 1.56. The maximum Gasteiger partial charge on any atom is 0.303 e. The first-order chi connectivity index (χ1) is 14.6. The fourth-order valence-corrected chi connectivity index (χ4v) is 4.65. The van der Waals surface area contributed by atoms with Crippen molar-refractivity contribution in [2.45, 2.75) is 32.7 Å². The molecule has 1 N–H and O–H groups in total. The number of hydrogen-bond acceptors (Lipinski definition) is 4. The summed E-state index contributed by atoms with van der Waals surface area (Å²) in [5.74, 6) is 0.0404. The molecule has 0 unspecified atom stereocenters. The van der Waals surface area contributed by atoms with Gasteiger partial charge in [0.15, 0.2) is 0 Å². The lowest BCUT2D eigenvalue weighted by Gasteiger charge is -2.06. The predicted octanol–water partition coefficient (Wildman–Crippen LogP) is 5.42. The average molecular weight is 421 g/mol. The smallest absolute Gasteiger partial charge is 0.303 e. The fourth-order valence-electron chi connectivity index (χ4n) is 3.65. The van der Waals surface area contributed by atoms with Gasteiger partial charge in [-0.3, -0.25) is 9.78 Å². The number of ether oxygens (including phenoxy) is 1. The van der Waals surface area contributed by atoms with Crippen LogP contribution in [0.4, 0.5) is 0 Å². The summed E-state index contributed by atoms with van der Waals surface area (Å²) in [7, 11) is 0. The number of thiophene rings is 1. The lowest BCUT2D eigenvalue weighted by Crippen LogP contribution is -1.99. The molecule has 0 atom stereocenters. The molecule has 0 bridgehead atoms. The lowest BCUT2D eigenvalue weighted by atomic mass is 10.1. The van der Waals surface area contributed by atoms with E-state index in [0.717, 1.165) is 35.2 Å². The van der Waals surface area contributed by atoms with Gasteiger partial charge in [-0.1, -0.05) is 0 Å². The number of fused-ring (bicyclic) bond motifs is 1. The Bertz CT molecular complexity index is 1150. The first kappa shape index (κ1) is 20.2. The minimum atomic E-state index is -0.779. The Hall–Kier alpha value is -3.12. The molecule has 0 aliphatic carbocycles. The van der Waals surface area contributed by atoms with Crippen molar-refractivity contribution >= 4 is 28.2 Å². The lowest BCUT2D eigenvalue weighted by molar-refractivity contribution is -0.136. The number of aryl methyl sites for hydroxylation is 3. The number of aromatic nitrogens is 2. The molecule has 0 saturated carbocycles. The maximum absolute atomic E-state index is 11.1. The van der Waals surface area contributed by atoms with E-state index >= 15 is 0 Å². The number of aliphatic carboxylic acids is 1. The minimum absolute atomic E-state index is 0.123. The number of carboxylic acids is 1. The molecule has 3 heterocycles. The Morgan fingerprint density at radius 3 is 2.73 bits per heavy atom. The van der Waals surface area contributed by atoms with E-state index in [2.05, 4.69) is 33.9 Å². The van der Waals surface area contributed by atoms with Crippen LogP contribution in [0.1, 0.15) is 23.8 Å². The van der Waals surface area contributed by atoms with Gasteiger partial charge in [-0.05, 0) is 73.4 Å². The number of pyridine rings is 1. The SMILES string of the molecule is CCOc1ccc2c(c1)c(CCC(=O)O)cn2CCc1ccc(-c2ccncc2)s1. The Labute approximate surface area is 179 Å². The van der Waals surface area contributed by atoms with Crippen molar-refractivity contribution in [3.8, 4) is 16.2 Å². The van der Waals surface area contributed by atoms with Crippen LogP contribution in [0.25, 0.3) is 21.3 Å². The van der Waals surface area contributed by atoms with Gasteiger partial charge in [0.05, 0.1) is 6.61 Å². The van der Waals surface area contributed by atoms with Crippen molar-refractivity contribution in [2.24, 2.45) is 0 Å². The number of hydrogen-bond donors (Lipinski definition) is 1. The van der Waals surface area contributed by atoms with E-state index in [-0.39, 0.29) is 6.42 Å². The van der Waals surface area contributed by atoms with E-state index in [1.165, 1.54) is 15.3 Å². The molecule has 154 valence electrons. The zero-order valence-electron chi connectivity index (χ0n) is 16.9. The summed E-state index contributed by atoms with van der Waals surface area (Å²) in [5, 5.41) is 10.2. The zero-order valence-corrected chi connectivity index (χ0v) is 17.7. The highest BCUT2D eigenvalue weighted by Crippen LogP contribution is 2.30. The van der Waals surface area contributed by atoms with Gasteiger partial charge in [-0.2, -0.15) is 0 Å². The first-order valence-electron chi connectivity index (χ1n) is 10.1. The van der Waals surface area contributed by atoms with Crippen LogP contribution in [0.5, 0.6) is 5.75 Å².